The van der Waals surface area contributed by atoms with Crippen LogP contribution in [0.2, 0.25) is 0 Å². The first-order valence-electron chi connectivity index (χ1n) is 9.81. The van der Waals surface area contributed by atoms with E-state index in [9.17, 15) is 44.3 Å². The normalized spacial score (nSPS) is 14.4. The predicted molar refractivity (Wildman–Crippen MR) is 98.0 cm³/mol. The van der Waals surface area contributed by atoms with Crippen molar-refractivity contribution in [2.75, 3.05) is 6.54 Å². The van der Waals surface area contributed by atoms with Crippen LogP contribution in [0, 0.1) is 11.8 Å². The van der Waals surface area contributed by atoms with E-state index in [1.54, 1.807) is 6.92 Å². The van der Waals surface area contributed by atoms with Crippen molar-refractivity contribution in [1.82, 2.24) is 0 Å². The third-order valence-corrected chi connectivity index (χ3v) is 4.69. The van der Waals surface area contributed by atoms with E-state index in [1.807, 2.05) is 0 Å². The molecule has 15 heteroatoms. The Kier molecular flexibility index (Phi) is 10.1. The summed E-state index contributed by atoms with van der Waals surface area (Å²) >= 11 is 0. The number of carbonyl (C=O) groups is 1. The highest BCUT2D eigenvalue weighted by Crippen LogP contribution is 2.41. The molecule has 6 nitrogen and oxygen atoms in total. The molecule has 2 atom stereocenters. The van der Waals surface area contributed by atoms with Crippen LogP contribution < -0.4 is 19.9 Å². The Morgan fingerprint density at radius 3 is 1.76 bits per heavy atom. The maximum Gasteiger partial charge on any atom is 0.573 e. The van der Waals surface area contributed by atoms with Gasteiger partial charge in [0.05, 0.1) is 5.92 Å². The first kappa shape index (κ1) is 29.5. The zero-order valence-electron chi connectivity index (χ0n) is 17.6. The minimum Gasteiger partial charge on any atom is -0.481 e. The molecule has 1 rings (SSSR count). The van der Waals surface area contributed by atoms with Gasteiger partial charge in [-0.3, -0.25) is 4.79 Å². The second-order valence-electron chi connectivity index (χ2n) is 7.21. The number of alkyl halides is 9. The van der Waals surface area contributed by atoms with Gasteiger partial charge in [-0.1, -0.05) is 19.8 Å². The van der Waals surface area contributed by atoms with Crippen LogP contribution in [0.5, 0.6) is 17.2 Å². The standard InChI is InChI=1S/C19H22F9NO5/c1-2-10(6-11(9-29)16(30)31)4-3-5-13-14(33-18(23,24)25)7-12(32-17(20,21)22)8-15(13)34-19(26,27)28/h7-8,10-11H,2-6,9,29H2,1H3,(H,30,31). The van der Waals surface area contributed by atoms with Crippen molar-refractivity contribution in [2.24, 2.45) is 17.6 Å². The smallest absolute Gasteiger partial charge is 0.481 e. The number of hydrogen-bond donors (Lipinski definition) is 2. The topological polar surface area (TPSA) is 91.0 Å². The van der Waals surface area contributed by atoms with Crippen molar-refractivity contribution in [3.8, 4) is 17.2 Å². The fourth-order valence-electron chi connectivity index (χ4n) is 3.22. The molecule has 2 unspecified atom stereocenters. The molecule has 0 aromatic heterocycles. The SMILES string of the molecule is CCC(CCCc1c(OC(F)(F)F)cc(OC(F)(F)F)cc1OC(F)(F)F)CC(CN)C(=O)O. The Bertz CT molecular complexity index is 772. The molecule has 0 saturated heterocycles. The summed E-state index contributed by atoms with van der Waals surface area (Å²) in [6.07, 6.45) is -16.1. The van der Waals surface area contributed by atoms with Crippen molar-refractivity contribution < 1.29 is 63.6 Å². The van der Waals surface area contributed by atoms with Gasteiger partial charge in [0.25, 0.3) is 0 Å². The summed E-state index contributed by atoms with van der Waals surface area (Å²) in [6.45, 7) is 1.54. The number of ether oxygens (including phenoxy) is 3. The zero-order chi connectivity index (χ0) is 26.3. The van der Waals surface area contributed by atoms with Gasteiger partial charge in [-0.15, -0.1) is 39.5 Å². The van der Waals surface area contributed by atoms with E-state index in [4.69, 9.17) is 10.8 Å². The average Bonchev–Trinajstić information content (AvgIpc) is 2.62. The van der Waals surface area contributed by atoms with Gasteiger partial charge in [0.2, 0.25) is 0 Å². The highest BCUT2D eigenvalue weighted by Gasteiger charge is 2.38. The van der Waals surface area contributed by atoms with E-state index in [0.29, 0.717) is 6.42 Å². The van der Waals surface area contributed by atoms with E-state index in [1.165, 1.54) is 0 Å². The van der Waals surface area contributed by atoms with Gasteiger partial charge in [0, 0.05) is 24.2 Å². The van der Waals surface area contributed by atoms with Gasteiger partial charge >= 0.3 is 25.1 Å². The van der Waals surface area contributed by atoms with Crippen LogP contribution in [0.25, 0.3) is 0 Å². The molecule has 0 heterocycles. The number of aliphatic carboxylic acids is 1. The molecule has 0 bridgehead atoms. The summed E-state index contributed by atoms with van der Waals surface area (Å²) < 4.78 is 125. The van der Waals surface area contributed by atoms with Crippen molar-refractivity contribution in [3.63, 3.8) is 0 Å². The second kappa shape index (κ2) is 11.7. The highest BCUT2D eigenvalue weighted by molar-refractivity contribution is 5.70. The number of nitrogens with two attached hydrogens (primary N) is 1. The highest BCUT2D eigenvalue weighted by atomic mass is 19.4. The molecular weight excluding hydrogens is 493 g/mol. The van der Waals surface area contributed by atoms with E-state index in [0.717, 1.165) is 0 Å². The number of carboxylic acids is 1. The van der Waals surface area contributed by atoms with Gasteiger partial charge in [-0.25, -0.2) is 0 Å². The maximum atomic E-state index is 12.8. The average molecular weight is 515 g/mol. The largest absolute Gasteiger partial charge is 0.573 e. The van der Waals surface area contributed by atoms with Crippen LogP contribution >= 0.6 is 0 Å². The van der Waals surface area contributed by atoms with E-state index < -0.39 is 60.2 Å². The van der Waals surface area contributed by atoms with Gasteiger partial charge in [0.1, 0.15) is 17.2 Å². The Morgan fingerprint density at radius 1 is 0.941 bits per heavy atom. The number of halogens is 9. The van der Waals surface area contributed by atoms with Gasteiger partial charge < -0.3 is 25.1 Å². The van der Waals surface area contributed by atoms with Crippen LogP contribution in [0.1, 0.15) is 38.2 Å². The van der Waals surface area contributed by atoms with Gasteiger partial charge in [0.15, 0.2) is 0 Å². The summed E-state index contributed by atoms with van der Waals surface area (Å²) in [6, 6.07) is 0.317. The zero-order valence-corrected chi connectivity index (χ0v) is 17.6. The van der Waals surface area contributed by atoms with E-state index in [2.05, 4.69) is 14.2 Å². The summed E-state index contributed by atoms with van der Waals surface area (Å²) in [5.74, 6) is -6.44. The van der Waals surface area contributed by atoms with Crippen LogP contribution in [-0.4, -0.2) is 36.7 Å². The molecule has 0 spiro atoms. The van der Waals surface area contributed by atoms with Crippen LogP contribution in [0.15, 0.2) is 12.1 Å². The number of rotatable bonds is 12. The molecule has 1 aromatic carbocycles. The number of hydrogen-bond acceptors (Lipinski definition) is 5. The molecule has 1 aromatic rings. The molecule has 3 N–H and O–H groups in total. The molecule has 0 saturated carbocycles. The van der Waals surface area contributed by atoms with Crippen molar-refractivity contribution in [2.45, 2.75) is 58.1 Å². The fraction of sp³-hybridized carbons (Fsp3) is 0.632. The fourth-order valence-corrected chi connectivity index (χ4v) is 3.22. The molecule has 0 aliphatic heterocycles. The van der Waals surface area contributed by atoms with Gasteiger partial charge in [-0.05, 0) is 25.2 Å². The van der Waals surface area contributed by atoms with Gasteiger partial charge in [-0.2, -0.15) is 0 Å². The third-order valence-electron chi connectivity index (χ3n) is 4.69. The first-order valence-corrected chi connectivity index (χ1v) is 9.81. The van der Waals surface area contributed by atoms with E-state index in [-0.39, 0.29) is 43.9 Å². The van der Waals surface area contributed by atoms with E-state index >= 15 is 0 Å². The molecule has 0 amide bonds. The summed E-state index contributed by atoms with van der Waals surface area (Å²) in [5.41, 5.74) is 4.61. The van der Waals surface area contributed by atoms with Crippen molar-refractivity contribution in [1.29, 1.82) is 0 Å². The van der Waals surface area contributed by atoms with Crippen LogP contribution in [0.4, 0.5) is 39.5 Å². The van der Waals surface area contributed by atoms with Crippen molar-refractivity contribution in [3.05, 3.63) is 17.7 Å². The Morgan fingerprint density at radius 2 is 1.41 bits per heavy atom. The Labute approximate surface area is 187 Å². The lowest BCUT2D eigenvalue weighted by Crippen LogP contribution is -2.25. The Hall–Kier alpha value is -2.58. The van der Waals surface area contributed by atoms with Crippen LogP contribution in [0.3, 0.4) is 0 Å². The summed E-state index contributed by atoms with van der Waals surface area (Å²) in [4.78, 5) is 11.1. The monoisotopic (exact) mass is 515 g/mol. The molecule has 0 radical (unpaired) electrons. The lowest BCUT2D eigenvalue weighted by Gasteiger charge is -2.21. The lowest BCUT2D eigenvalue weighted by molar-refractivity contribution is -0.278. The Balaban J connectivity index is 3.27. The predicted octanol–water partition coefficient (Wildman–Crippen LogP) is 5.78. The first-order chi connectivity index (χ1) is 15.4. The number of benzene rings is 1. The quantitative estimate of drug-likeness (QED) is 0.343. The minimum atomic E-state index is -5.44. The summed E-state index contributed by atoms with van der Waals surface area (Å²) in [7, 11) is 0. The summed E-state index contributed by atoms with van der Waals surface area (Å²) in [5, 5.41) is 9.10. The second-order valence-corrected chi connectivity index (χ2v) is 7.21. The molecule has 34 heavy (non-hydrogen) atoms. The third kappa shape index (κ3) is 11.0. The lowest BCUT2D eigenvalue weighted by atomic mass is 9.88. The van der Waals surface area contributed by atoms with Crippen LogP contribution in [-0.2, 0) is 11.2 Å². The van der Waals surface area contributed by atoms with Crippen molar-refractivity contribution >= 4 is 5.97 Å². The molecular formula is C19H22F9NO5. The molecule has 0 aliphatic rings. The molecule has 0 fully saturated rings. The minimum absolute atomic E-state index is 0.0582. The maximum absolute atomic E-state index is 12.8. The molecule has 196 valence electrons. The molecule has 0 aliphatic carbocycles. The number of carboxylic acid groups (broad SMARTS) is 1.